The van der Waals surface area contributed by atoms with Crippen LogP contribution in [0.1, 0.15) is 40.0 Å². The third-order valence-electron chi connectivity index (χ3n) is 5.92. The monoisotopic (exact) mass is 583 g/mol. The van der Waals surface area contributed by atoms with E-state index in [0.717, 1.165) is 13.8 Å². The Morgan fingerprint density at radius 2 is 1.50 bits per heavy atom. The molecule has 1 amide bonds. The normalized spacial score (nSPS) is 25.3. The number of amides is 1. The molecule has 2 aliphatic rings. The van der Waals surface area contributed by atoms with Crippen LogP contribution in [0.5, 0.6) is 5.75 Å². The summed E-state index contributed by atoms with van der Waals surface area (Å²) < 4.78 is 99.3. The number of benzene rings is 1. The Labute approximate surface area is 224 Å². The molecule has 2 bridgehead atoms. The van der Waals surface area contributed by atoms with Crippen LogP contribution >= 0.6 is 0 Å². The van der Waals surface area contributed by atoms with Gasteiger partial charge in [-0.25, -0.2) is 13.2 Å². The van der Waals surface area contributed by atoms with Crippen LogP contribution in [0.15, 0.2) is 0 Å². The summed E-state index contributed by atoms with van der Waals surface area (Å²) in [7, 11) is 0. The van der Waals surface area contributed by atoms with Gasteiger partial charge >= 0.3 is 17.9 Å². The molecule has 1 aromatic carbocycles. The average molecular weight is 583 g/mol. The van der Waals surface area contributed by atoms with Gasteiger partial charge in [-0.05, 0) is 12.8 Å². The number of carbonyl (C=O) groups excluding carboxylic acids is 4. The minimum absolute atomic E-state index is 0.0221. The smallest absolute Gasteiger partial charge is 0.311 e. The molecule has 2 saturated heterocycles. The van der Waals surface area contributed by atoms with Crippen molar-refractivity contribution in [2.75, 3.05) is 19.8 Å². The van der Waals surface area contributed by atoms with Crippen molar-refractivity contribution in [1.82, 2.24) is 5.32 Å². The van der Waals surface area contributed by atoms with Gasteiger partial charge in [-0.2, -0.15) is 8.78 Å². The minimum Gasteiger partial charge on any atom is -0.456 e. The number of fused-ring (bicyclic) bond motifs is 2. The van der Waals surface area contributed by atoms with Crippen LogP contribution in [0.2, 0.25) is 0 Å². The van der Waals surface area contributed by atoms with Crippen LogP contribution in [0.3, 0.4) is 0 Å². The van der Waals surface area contributed by atoms with Crippen LogP contribution in [0.4, 0.5) is 22.0 Å². The molecule has 2 fully saturated rings. The molecule has 11 nitrogen and oxygen atoms in total. The van der Waals surface area contributed by atoms with Gasteiger partial charge in [0.25, 0.3) is 0 Å². The Bertz CT molecular complexity index is 1140. The molecule has 2 heterocycles. The highest BCUT2D eigenvalue weighted by Gasteiger charge is 2.63. The molecule has 0 radical (unpaired) electrons. The molecule has 3 rings (SSSR count). The first-order chi connectivity index (χ1) is 18.8. The Hall–Kier alpha value is -3.37. The Balaban J connectivity index is 1.57. The zero-order valence-corrected chi connectivity index (χ0v) is 21.5. The summed E-state index contributed by atoms with van der Waals surface area (Å²) in [6.07, 6.45) is -3.70. The van der Waals surface area contributed by atoms with Crippen LogP contribution in [-0.2, 0) is 42.9 Å². The number of ether oxygens (including phenoxy) is 6. The van der Waals surface area contributed by atoms with E-state index < -0.39 is 95.2 Å². The quantitative estimate of drug-likeness (QED) is 0.103. The molecular formula is C24H26F5NO10. The lowest BCUT2D eigenvalue weighted by atomic mass is 9.87. The van der Waals surface area contributed by atoms with E-state index in [1.165, 1.54) is 6.92 Å². The van der Waals surface area contributed by atoms with E-state index >= 15 is 0 Å². The maximum Gasteiger partial charge on any atom is 0.311 e. The van der Waals surface area contributed by atoms with Crippen LogP contribution < -0.4 is 10.1 Å². The van der Waals surface area contributed by atoms with Crippen LogP contribution in [0, 0.1) is 29.1 Å². The van der Waals surface area contributed by atoms with Crippen molar-refractivity contribution in [3.05, 3.63) is 29.1 Å². The molecule has 0 unspecified atom stereocenters. The van der Waals surface area contributed by atoms with E-state index in [9.17, 15) is 41.1 Å². The standard InChI is InChI=1S/C24H26F5NO10/c1-10(31)30-19-21(37-11(2)32)22(38-12(3)33)24(9-36-23(19)40-24)8-35-7-5-4-6-13(34)39-20-17(28)15(26)14(25)16(27)18(20)29/h19,21-23H,4-9H2,1-3H3,(H,30,31)/t19-,21-,22-,23+,24+/m1/s1. The van der Waals surface area contributed by atoms with Gasteiger partial charge in [-0.1, -0.05) is 0 Å². The van der Waals surface area contributed by atoms with Gasteiger partial charge in [0.15, 0.2) is 24.1 Å². The summed E-state index contributed by atoms with van der Waals surface area (Å²) in [6.45, 7) is 3.07. The lowest BCUT2D eigenvalue weighted by molar-refractivity contribution is -0.251. The molecule has 0 aliphatic carbocycles. The summed E-state index contributed by atoms with van der Waals surface area (Å²) in [4.78, 5) is 47.2. The molecule has 16 heteroatoms. The van der Waals surface area contributed by atoms with Crippen molar-refractivity contribution in [2.45, 2.75) is 70.2 Å². The van der Waals surface area contributed by atoms with Crippen molar-refractivity contribution in [2.24, 2.45) is 0 Å². The number of halogens is 5. The van der Waals surface area contributed by atoms with E-state index in [0.29, 0.717) is 0 Å². The topological polar surface area (TPSA) is 136 Å². The molecule has 0 spiro atoms. The fourth-order valence-electron chi connectivity index (χ4n) is 4.27. The zero-order valence-electron chi connectivity index (χ0n) is 21.5. The zero-order chi connectivity index (χ0) is 29.8. The molecule has 40 heavy (non-hydrogen) atoms. The second kappa shape index (κ2) is 12.9. The van der Waals surface area contributed by atoms with Gasteiger partial charge < -0.3 is 33.7 Å². The van der Waals surface area contributed by atoms with E-state index in [4.69, 9.17) is 23.7 Å². The van der Waals surface area contributed by atoms with Crippen molar-refractivity contribution in [3.8, 4) is 5.75 Å². The van der Waals surface area contributed by atoms with Gasteiger partial charge in [0, 0.05) is 33.8 Å². The predicted octanol–water partition coefficient (Wildman–Crippen LogP) is 1.97. The summed E-state index contributed by atoms with van der Waals surface area (Å²) >= 11 is 0. The van der Waals surface area contributed by atoms with E-state index in [1.807, 2.05) is 0 Å². The Morgan fingerprint density at radius 3 is 2.08 bits per heavy atom. The molecule has 0 saturated carbocycles. The summed E-state index contributed by atoms with van der Waals surface area (Å²) in [5, 5.41) is 2.56. The molecule has 1 aromatic rings. The van der Waals surface area contributed by atoms with Crippen molar-refractivity contribution in [1.29, 1.82) is 0 Å². The first-order valence-electron chi connectivity index (χ1n) is 12.0. The average Bonchev–Trinajstić information content (AvgIpc) is 3.27. The number of nitrogens with one attached hydrogen (secondary N) is 1. The number of rotatable bonds is 11. The number of esters is 3. The minimum atomic E-state index is -2.38. The molecule has 1 N–H and O–H groups in total. The van der Waals surface area contributed by atoms with Gasteiger partial charge in [-0.3, -0.25) is 19.2 Å². The molecule has 0 aromatic heterocycles. The Morgan fingerprint density at radius 1 is 0.900 bits per heavy atom. The van der Waals surface area contributed by atoms with Crippen LogP contribution in [-0.4, -0.2) is 73.8 Å². The summed E-state index contributed by atoms with van der Waals surface area (Å²) in [6, 6.07) is -0.995. The van der Waals surface area contributed by atoms with Crippen molar-refractivity contribution in [3.63, 3.8) is 0 Å². The third kappa shape index (κ3) is 6.85. The van der Waals surface area contributed by atoms with E-state index in [2.05, 4.69) is 10.1 Å². The third-order valence-corrected chi connectivity index (χ3v) is 5.92. The lowest BCUT2D eigenvalue weighted by Gasteiger charge is -2.45. The van der Waals surface area contributed by atoms with Gasteiger partial charge in [0.2, 0.25) is 40.7 Å². The summed E-state index contributed by atoms with van der Waals surface area (Å²) in [5.41, 5.74) is -1.42. The van der Waals surface area contributed by atoms with Gasteiger partial charge in [0.1, 0.15) is 6.04 Å². The van der Waals surface area contributed by atoms with Crippen molar-refractivity contribution < 1.29 is 69.6 Å². The predicted molar refractivity (Wildman–Crippen MR) is 119 cm³/mol. The van der Waals surface area contributed by atoms with Gasteiger partial charge in [-0.15, -0.1) is 0 Å². The number of carbonyl (C=O) groups is 4. The van der Waals surface area contributed by atoms with Crippen molar-refractivity contribution >= 4 is 23.8 Å². The highest BCUT2D eigenvalue weighted by Crippen LogP contribution is 2.40. The molecule has 5 atom stereocenters. The highest BCUT2D eigenvalue weighted by atomic mass is 19.2. The Kier molecular flexibility index (Phi) is 10.0. The highest BCUT2D eigenvalue weighted by molar-refractivity contribution is 5.74. The lowest BCUT2D eigenvalue weighted by Crippen LogP contribution is -2.68. The van der Waals surface area contributed by atoms with Crippen LogP contribution in [0.25, 0.3) is 0 Å². The largest absolute Gasteiger partial charge is 0.456 e. The molecular weight excluding hydrogens is 557 g/mol. The number of hydrogen-bond acceptors (Lipinski definition) is 10. The molecule has 222 valence electrons. The first kappa shape index (κ1) is 31.2. The first-order valence-corrected chi connectivity index (χ1v) is 12.0. The summed E-state index contributed by atoms with van der Waals surface area (Å²) in [5.74, 6) is -16.3. The SMILES string of the molecule is CC(=O)N[C@H]1[C@H]2OC[C@](COCCCCC(=O)Oc3c(F)c(F)c(F)c(F)c3F)(O2)[C@H](OC(C)=O)[C@@H]1OC(C)=O. The molecule has 2 aliphatic heterocycles. The second-order valence-electron chi connectivity index (χ2n) is 9.08. The second-order valence-corrected chi connectivity index (χ2v) is 9.08. The number of hydrogen-bond donors (Lipinski definition) is 1. The van der Waals surface area contributed by atoms with E-state index in [1.54, 1.807) is 0 Å². The maximum absolute atomic E-state index is 13.7. The van der Waals surface area contributed by atoms with E-state index in [-0.39, 0.29) is 32.7 Å². The number of unbranched alkanes of at least 4 members (excludes halogenated alkanes) is 1. The fraction of sp³-hybridized carbons (Fsp3) is 0.583. The fourth-order valence-corrected chi connectivity index (χ4v) is 4.27. The maximum atomic E-state index is 13.7. The van der Waals surface area contributed by atoms with Gasteiger partial charge in [0.05, 0.1) is 13.2 Å².